The first-order chi connectivity index (χ1) is 12.0. The molecule has 2 aromatic carbocycles. The fraction of sp³-hybridized carbons (Fsp3) is 0.190. The largest absolute Gasteiger partial charge is 0.480 e. The highest BCUT2D eigenvalue weighted by molar-refractivity contribution is 5.75. The minimum Gasteiger partial charge on any atom is -0.480 e. The van der Waals surface area contributed by atoms with Crippen molar-refractivity contribution in [3.63, 3.8) is 0 Å². The first kappa shape index (κ1) is 18.4. The van der Waals surface area contributed by atoms with Crippen LogP contribution in [0, 0.1) is 24.6 Å². The Morgan fingerprint density at radius 2 is 2.04 bits per heavy atom. The van der Waals surface area contributed by atoms with E-state index in [2.05, 4.69) is 18.4 Å². The van der Waals surface area contributed by atoms with Crippen molar-refractivity contribution in [3.05, 3.63) is 83.7 Å². The molecule has 0 saturated carbocycles. The van der Waals surface area contributed by atoms with Crippen LogP contribution < -0.4 is 0 Å². The summed E-state index contributed by atoms with van der Waals surface area (Å²) in [6, 6.07) is 12.9. The lowest BCUT2D eigenvalue weighted by Crippen LogP contribution is -2.34. The number of benzene rings is 2. The van der Waals surface area contributed by atoms with E-state index in [9.17, 15) is 14.3 Å². The molecule has 2 aromatic rings. The van der Waals surface area contributed by atoms with Crippen LogP contribution in [0.2, 0.25) is 0 Å². The van der Waals surface area contributed by atoms with Gasteiger partial charge in [0.25, 0.3) is 0 Å². The standard InChI is InChI=1S/C21H20FNO2/c1-3-13-23(14-7-10-17-8-5-4-6-9-17)20(21(24)25)18-11-12-19(22)16(2)15-18/h3-6,8-9,11-12,15,20H,1,13-14H2,2H3,(H,24,25)/t20-/m1/s1. The summed E-state index contributed by atoms with van der Waals surface area (Å²) in [7, 11) is 0. The van der Waals surface area contributed by atoms with E-state index in [0.29, 0.717) is 17.7 Å². The van der Waals surface area contributed by atoms with Gasteiger partial charge in [0.1, 0.15) is 11.9 Å². The van der Waals surface area contributed by atoms with E-state index in [1.807, 2.05) is 30.3 Å². The van der Waals surface area contributed by atoms with Crippen LogP contribution in [-0.2, 0) is 4.79 Å². The van der Waals surface area contributed by atoms with Crippen molar-refractivity contribution in [2.75, 3.05) is 13.1 Å². The number of aliphatic carboxylic acids is 1. The molecule has 3 nitrogen and oxygen atoms in total. The Kier molecular flexibility index (Phi) is 6.50. The number of carbonyl (C=O) groups is 1. The van der Waals surface area contributed by atoms with Gasteiger partial charge in [-0.1, -0.05) is 48.2 Å². The number of nitrogens with zero attached hydrogens (tertiary/aromatic N) is 1. The topological polar surface area (TPSA) is 40.5 Å². The molecule has 0 heterocycles. The van der Waals surface area contributed by atoms with Crippen molar-refractivity contribution in [2.24, 2.45) is 0 Å². The Balaban J connectivity index is 2.27. The van der Waals surface area contributed by atoms with Gasteiger partial charge in [-0.3, -0.25) is 9.69 Å². The van der Waals surface area contributed by atoms with Crippen molar-refractivity contribution in [1.82, 2.24) is 4.90 Å². The average Bonchev–Trinajstić information content (AvgIpc) is 2.59. The summed E-state index contributed by atoms with van der Waals surface area (Å²) >= 11 is 0. The quantitative estimate of drug-likeness (QED) is 0.644. The van der Waals surface area contributed by atoms with Gasteiger partial charge < -0.3 is 5.11 Å². The number of aryl methyl sites for hydroxylation is 1. The lowest BCUT2D eigenvalue weighted by Gasteiger charge is -2.26. The molecule has 0 aromatic heterocycles. The summed E-state index contributed by atoms with van der Waals surface area (Å²) in [5, 5.41) is 9.68. The maximum absolute atomic E-state index is 13.5. The third-order valence-corrected chi connectivity index (χ3v) is 3.75. The van der Waals surface area contributed by atoms with Gasteiger partial charge in [-0.05, 0) is 36.2 Å². The number of carboxylic acid groups (broad SMARTS) is 1. The van der Waals surface area contributed by atoms with Crippen LogP contribution in [0.4, 0.5) is 4.39 Å². The van der Waals surface area contributed by atoms with Crippen molar-refractivity contribution in [3.8, 4) is 11.8 Å². The molecule has 128 valence electrons. The van der Waals surface area contributed by atoms with Crippen molar-refractivity contribution in [2.45, 2.75) is 13.0 Å². The van der Waals surface area contributed by atoms with Crippen molar-refractivity contribution < 1.29 is 14.3 Å². The minimum atomic E-state index is -1.01. The van der Waals surface area contributed by atoms with Gasteiger partial charge in [0.2, 0.25) is 0 Å². The third kappa shape index (κ3) is 5.03. The molecular formula is C21H20FNO2. The van der Waals surface area contributed by atoms with Crippen LogP contribution in [0.25, 0.3) is 0 Å². The molecule has 2 rings (SSSR count). The molecule has 0 aliphatic carbocycles. The maximum atomic E-state index is 13.5. The zero-order valence-electron chi connectivity index (χ0n) is 14.1. The summed E-state index contributed by atoms with van der Waals surface area (Å²) in [4.78, 5) is 13.5. The minimum absolute atomic E-state index is 0.258. The molecule has 0 spiro atoms. The highest BCUT2D eigenvalue weighted by atomic mass is 19.1. The van der Waals surface area contributed by atoms with E-state index in [1.165, 1.54) is 12.1 Å². The van der Waals surface area contributed by atoms with Crippen molar-refractivity contribution >= 4 is 5.97 Å². The van der Waals surface area contributed by atoms with E-state index >= 15 is 0 Å². The Morgan fingerprint density at radius 1 is 1.32 bits per heavy atom. The predicted molar refractivity (Wildman–Crippen MR) is 96.6 cm³/mol. The summed E-state index contributed by atoms with van der Waals surface area (Å²) in [5.41, 5.74) is 1.80. The summed E-state index contributed by atoms with van der Waals surface area (Å²) in [6.45, 7) is 5.92. The molecule has 0 radical (unpaired) electrons. The fourth-order valence-electron chi connectivity index (χ4n) is 2.54. The summed E-state index contributed by atoms with van der Waals surface area (Å²) in [5.74, 6) is 4.67. The zero-order valence-corrected chi connectivity index (χ0v) is 14.1. The van der Waals surface area contributed by atoms with Crippen LogP contribution >= 0.6 is 0 Å². The molecule has 1 atom stereocenters. The smallest absolute Gasteiger partial charge is 0.325 e. The monoisotopic (exact) mass is 337 g/mol. The second-order valence-electron chi connectivity index (χ2n) is 5.64. The first-order valence-corrected chi connectivity index (χ1v) is 7.90. The molecule has 0 bridgehead atoms. The van der Waals surface area contributed by atoms with Gasteiger partial charge in [0.05, 0.1) is 6.54 Å². The van der Waals surface area contributed by atoms with Crippen LogP contribution in [0.3, 0.4) is 0 Å². The van der Waals surface area contributed by atoms with Crippen LogP contribution in [0.15, 0.2) is 61.2 Å². The first-order valence-electron chi connectivity index (χ1n) is 7.90. The normalized spacial score (nSPS) is 11.5. The fourth-order valence-corrected chi connectivity index (χ4v) is 2.54. The number of rotatable bonds is 6. The number of carboxylic acids is 1. The van der Waals surface area contributed by atoms with E-state index < -0.39 is 12.0 Å². The van der Waals surface area contributed by atoms with E-state index in [1.54, 1.807) is 24.0 Å². The van der Waals surface area contributed by atoms with Crippen LogP contribution in [0.5, 0.6) is 0 Å². The molecule has 0 saturated heterocycles. The molecule has 4 heteroatoms. The third-order valence-electron chi connectivity index (χ3n) is 3.75. The highest BCUT2D eigenvalue weighted by Gasteiger charge is 2.26. The van der Waals surface area contributed by atoms with Gasteiger partial charge in [-0.15, -0.1) is 6.58 Å². The Hall–Kier alpha value is -2.90. The van der Waals surface area contributed by atoms with Gasteiger partial charge in [0, 0.05) is 12.1 Å². The Bertz CT molecular complexity index is 806. The van der Waals surface area contributed by atoms with Crippen LogP contribution in [0.1, 0.15) is 22.7 Å². The maximum Gasteiger partial charge on any atom is 0.325 e. The second kappa shape index (κ2) is 8.81. The van der Waals surface area contributed by atoms with Crippen molar-refractivity contribution in [1.29, 1.82) is 0 Å². The molecule has 25 heavy (non-hydrogen) atoms. The predicted octanol–water partition coefficient (Wildman–Crippen LogP) is 3.80. The zero-order chi connectivity index (χ0) is 18.2. The van der Waals surface area contributed by atoms with E-state index in [4.69, 9.17) is 0 Å². The van der Waals surface area contributed by atoms with Gasteiger partial charge in [0.15, 0.2) is 0 Å². The SMILES string of the molecule is C=CCN(CC#Cc1ccccc1)[C@@H](C(=O)O)c1ccc(F)c(C)c1. The van der Waals surface area contributed by atoms with E-state index in [-0.39, 0.29) is 12.4 Å². The Morgan fingerprint density at radius 3 is 2.64 bits per heavy atom. The molecule has 0 aliphatic rings. The number of halogens is 1. The second-order valence-corrected chi connectivity index (χ2v) is 5.64. The molecular weight excluding hydrogens is 317 g/mol. The Labute approximate surface area is 147 Å². The van der Waals surface area contributed by atoms with Gasteiger partial charge >= 0.3 is 5.97 Å². The lowest BCUT2D eigenvalue weighted by atomic mass is 10.0. The highest BCUT2D eigenvalue weighted by Crippen LogP contribution is 2.23. The van der Waals surface area contributed by atoms with E-state index in [0.717, 1.165) is 5.56 Å². The van der Waals surface area contributed by atoms with Gasteiger partial charge in [-0.2, -0.15) is 0 Å². The van der Waals surface area contributed by atoms with Gasteiger partial charge in [-0.25, -0.2) is 4.39 Å². The molecule has 0 aliphatic heterocycles. The number of hydrogen-bond acceptors (Lipinski definition) is 2. The summed E-state index contributed by atoms with van der Waals surface area (Å²) < 4.78 is 13.5. The molecule has 1 N–H and O–H groups in total. The molecule has 0 amide bonds. The molecule has 0 unspecified atom stereocenters. The average molecular weight is 337 g/mol. The number of hydrogen-bond donors (Lipinski definition) is 1. The molecule has 0 fully saturated rings. The summed E-state index contributed by atoms with van der Waals surface area (Å²) in [6.07, 6.45) is 1.64. The van der Waals surface area contributed by atoms with Crippen LogP contribution in [-0.4, -0.2) is 29.1 Å². The lowest BCUT2D eigenvalue weighted by molar-refractivity contribution is -0.143.